The number of rotatable bonds is 5. The van der Waals surface area contributed by atoms with Crippen LogP contribution in [0.1, 0.15) is 11.1 Å². The predicted octanol–water partition coefficient (Wildman–Crippen LogP) is 17.4. The van der Waals surface area contributed by atoms with Gasteiger partial charge in [-0.15, -0.1) is 0 Å². The van der Waals surface area contributed by atoms with Gasteiger partial charge in [0, 0.05) is 32.9 Å². The van der Waals surface area contributed by atoms with Crippen LogP contribution in [0.5, 0.6) is 0 Å². The van der Waals surface area contributed by atoms with Crippen molar-refractivity contribution in [3.8, 4) is 55.9 Å². The van der Waals surface area contributed by atoms with Crippen molar-refractivity contribution in [2.45, 2.75) is 6.42 Å². The molecule has 0 spiro atoms. The molecule has 0 N–H and O–H groups in total. The first-order chi connectivity index (χ1) is 33.2. The smallest absolute Gasteiger partial charge is 0.0541 e. The van der Waals surface area contributed by atoms with Gasteiger partial charge in [0.1, 0.15) is 0 Å². The Morgan fingerprint density at radius 2 is 0.866 bits per heavy atom. The SMILES string of the molecule is C=C1/C=C\C=C/Cc2cc(-c3ccc(-n4c5ccccc5c5cc(-c6ccc7c(c6)c6ccccc6n7-c6cccc(-c7ccccc7)c6)ccc54)cc3)c3ccccc3c2-c2ccccc21. The van der Waals surface area contributed by atoms with Crippen molar-refractivity contribution in [3.05, 3.63) is 260 Å². The van der Waals surface area contributed by atoms with Crippen LogP contribution in [0.25, 0.3) is 116 Å². The first kappa shape index (κ1) is 38.7. The molecule has 0 unspecified atom stereocenters. The van der Waals surface area contributed by atoms with Crippen LogP contribution in [-0.4, -0.2) is 9.13 Å². The van der Waals surface area contributed by atoms with Gasteiger partial charge in [0.2, 0.25) is 0 Å². The second-order valence-electron chi connectivity index (χ2n) is 17.7. The molecular formula is C65H44N2. The quantitative estimate of drug-likeness (QED) is 0.163. The van der Waals surface area contributed by atoms with Gasteiger partial charge in [-0.05, 0) is 145 Å². The summed E-state index contributed by atoms with van der Waals surface area (Å²) in [7, 11) is 0. The maximum absolute atomic E-state index is 4.45. The third-order valence-electron chi connectivity index (χ3n) is 13.9. The van der Waals surface area contributed by atoms with Crippen LogP contribution in [-0.2, 0) is 6.42 Å². The molecule has 67 heavy (non-hydrogen) atoms. The average Bonchev–Trinajstić information content (AvgIpc) is 3.91. The van der Waals surface area contributed by atoms with E-state index in [2.05, 4.69) is 258 Å². The van der Waals surface area contributed by atoms with E-state index in [9.17, 15) is 0 Å². The Labute approximate surface area is 390 Å². The molecule has 314 valence electrons. The zero-order valence-electron chi connectivity index (χ0n) is 36.9. The fourth-order valence-corrected chi connectivity index (χ4v) is 10.8. The first-order valence-corrected chi connectivity index (χ1v) is 23.2. The molecule has 1 aliphatic rings. The zero-order chi connectivity index (χ0) is 44.4. The highest BCUT2D eigenvalue weighted by molar-refractivity contribution is 6.13. The summed E-state index contributed by atoms with van der Waals surface area (Å²) in [6.45, 7) is 4.45. The largest absolute Gasteiger partial charge is 0.309 e. The third kappa shape index (κ3) is 6.41. The molecule has 2 heterocycles. The summed E-state index contributed by atoms with van der Waals surface area (Å²) in [6, 6.07) is 80.3. The summed E-state index contributed by atoms with van der Waals surface area (Å²) in [5, 5.41) is 7.47. The van der Waals surface area contributed by atoms with Gasteiger partial charge in [0.25, 0.3) is 0 Å². The minimum absolute atomic E-state index is 0.834. The predicted molar refractivity (Wildman–Crippen MR) is 285 cm³/mol. The highest BCUT2D eigenvalue weighted by Gasteiger charge is 2.20. The van der Waals surface area contributed by atoms with Gasteiger partial charge < -0.3 is 9.13 Å². The topological polar surface area (TPSA) is 9.86 Å². The van der Waals surface area contributed by atoms with Crippen LogP contribution < -0.4 is 0 Å². The molecule has 2 aromatic heterocycles. The molecular weight excluding hydrogens is 809 g/mol. The lowest BCUT2D eigenvalue weighted by Gasteiger charge is -2.20. The van der Waals surface area contributed by atoms with Gasteiger partial charge in [0.15, 0.2) is 0 Å². The Morgan fingerprint density at radius 3 is 1.57 bits per heavy atom. The van der Waals surface area contributed by atoms with E-state index in [1.165, 1.54) is 110 Å². The van der Waals surface area contributed by atoms with Crippen LogP contribution in [0.15, 0.2) is 249 Å². The Bertz CT molecular complexity index is 4000. The fourth-order valence-electron chi connectivity index (χ4n) is 10.8. The molecule has 0 fully saturated rings. The Hall–Kier alpha value is -8.72. The van der Waals surface area contributed by atoms with E-state index < -0.39 is 0 Å². The molecule has 2 heteroatoms. The average molecular weight is 853 g/mol. The van der Waals surface area contributed by atoms with Crippen LogP contribution in [0, 0.1) is 0 Å². The lowest BCUT2D eigenvalue weighted by molar-refractivity contribution is 1.18. The Morgan fingerprint density at radius 1 is 0.328 bits per heavy atom. The van der Waals surface area contributed by atoms with E-state index in [1.54, 1.807) is 0 Å². The number of hydrogen-bond acceptors (Lipinski definition) is 0. The Balaban J connectivity index is 0.903. The maximum Gasteiger partial charge on any atom is 0.0541 e. The van der Waals surface area contributed by atoms with E-state index in [-0.39, 0.29) is 0 Å². The fraction of sp³-hybridized carbons (Fsp3) is 0.0154. The van der Waals surface area contributed by atoms with E-state index >= 15 is 0 Å². The molecule has 0 atom stereocenters. The monoisotopic (exact) mass is 852 g/mol. The lowest BCUT2D eigenvalue weighted by Crippen LogP contribution is -1.97. The summed E-state index contributed by atoms with van der Waals surface area (Å²) in [6.07, 6.45) is 9.46. The van der Waals surface area contributed by atoms with Gasteiger partial charge in [-0.3, -0.25) is 0 Å². The molecule has 0 saturated carbocycles. The summed E-state index contributed by atoms with van der Waals surface area (Å²) in [5.41, 5.74) is 20.3. The van der Waals surface area contributed by atoms with Crippen molar-refractivity contribution < 1.29 is 0 Å². The maximum atomic E-state index is 4.45. The van der Waals surface area contributed by atoms with Crippen LogP contribution >= 0.6 is 0 Å². The number of allylic oxidation sites excluding steroid dienone is 5. The van der Waals surface area contributed by atoms with Crippen molar-refractivity contribution in [1.29, 1.82) is 0 Å². The van der Waals surface area contributed by atoms with Gasteiger partial charge >= 0.3 is 0 Å². The highest BCUT2D eigenvalue weighted by atomic mass is 15.0. The van der Waals surface area contributed by atoms with Crippen molar-refractivity contribution in [1.82, 2.24) is 9.13 Å². The lowest BCUT2D eigenvalue weighted by atomic mass is 9.84. The second kappa shape index (κ2) is 15.8. The van der Waals surface area contributed by atoms with Crippen LogP contribution in [0.3, 0.4) is 0 Å². The molecule has 12 aromatic rings. The van der Waals surface area contributed by atoms with Gasteiger partial charge in [-0.1, -0.05) is 183 Å². The minimum Gasteiger partial charge on any atom is -0.309 e. The number of aromatic nitrogens is 2. The number of para-hydroxylation sites is 2. The molecule has 13 rings (SSSR count). The van der Waals surface area contributed by atoms with E-state index in [4.69, 9.17) is 0 Å². The minimum atomic E-state index is 0.834. The molecule has 0 amide bonds. The standard InChI is InChI=1S/C65H44N2/c1-43-17-4-2-7-20-49-42-58(53-24-9-11-28-57(53)65(49)56-27-10-8-23-52(43)56)45-31-35-50(36-32-45)66-61-29-14-12-25-54(61)59-40-47(33-37-63(59)66)48-34-38-64-60(41-48)55-26-13-15-30-62(55)67(64)51-22-16-21-46(39-51)44-18-5-3-6-19-44/h2-19,21-42H,1,20H2/b7-2-,17-4-. The molecule has 0 radical (unpaired) electrons. The summed E-state index contributed by atoms with van der Waals surface area (Å²) >= 11 is 0. The van der Waals surface area contributed by atoms with Crippen molar-refractivity contribution in [2.75, 3.05) is 0 Å². The van der Waals surface area contributed by atoms with Gasteiger partial charge in [-0.2, -0.15) is 0 Å². The van der Waals surface area contributed by atoms with Gasteiger partial charge in [-0.25, -0.2) is 0 Å². The highest BCUT2D eigenvalue weighted by Crippen LogP contribution is 2.43. The van der Waals surface area contributed by atoms with E-state index in [1.807, 2.05) is 0 Å². The summed E-state index contributed by atoms with van der Waals surface area (Å²) < 4.78 is 4.83. The third-order valence-corrected chi connectivity index (χ3v) is 13.9. The number of fused-ring (bicyclic) bond motifs is 11. The normalized spacial score (nSPS) is 13.6. The molecule has 0 bridgehead atoms. The van der Waals surface area contributed by atoms with Crippen molar-refractivity contribution in [2.24, 2.45) is 0 Å². The number of hydrogen-bond donors (Lipinski definition) is 0. The van der Waals surface area contributed by atoms with Gasteiger partial charge in [0.05, 0.1) is 22.1 Å². The van der Waals surface area contributed by atoms with E-state index in [0.717, 1.165) is 23.4 Å². The van der Waals surface area contributed by atoms with E-state index in [0.29, 0.717) is 0 Å². The second-order valence-corrected chi connectivity index (χ2v) is 17.7. The van der Waals surface area contributed by atoms with Crippen LogP contribution in [0.4, 0.5) is 0 Å². The number of nitrogens with zero attached hydrogens (tertiary/aromatic N) is 2. The molecule has 1 aliphatic carbocycles. The van der Waals surface area contributed by atoms with Crippen LogP contribution in [0.2, 0.25) is 0 Å². The molecule has 2 nitrogen and oxygen atoms in total. The number of benzene rings is 10. The molecule has 10 aromatic carbocycles. The van der Waals surface area contributed by atoms with Crippen molar-refractivity contribution >= 4 is 60.0 Å². The summed E-state index contributed by atoms with van der Waals surface area (Å²) in [5.74, 6) is 0. The molecule has 0 saturated heterocycles. The zero-order valence-corrected chi connectivity index (χ0v) is 36.9. The first-order valence-electron chi connectivity index (χ1n) is 23.2. The summed E-state index contributed by atoms with van der Waals surface area (Å²) in [4.78, 5) is 0. The molecule has 0 aliphatic heterocycles. The Kier molecular flexibility index (Phi) is 9.11. The van der Waals surface area contributed by atoms with Crippen molar-refractivity contribution in [3.63, 3.8) is 0 Å².